The quantitative estimate of drug-likeness (QED) is 0.195. The Kier molecular flexibility index (Phi) is 9.52. The molecule has 0 amide bonds. The molecular formula is C42H62. The zero-order valence-corrected chi connectivity index (χ0v) is 28.1. The molecular weight excluding hydrogens is 504 g/mol. The van der Waals surface area contributed by atoms with E-state index < -0.39 is 0 Å². The lowest BCUT2D eigenvalue weighted by Gasteiger charge is -2.50. The van der Waals surface area contributed by atoms with E-state index >= 15 is 0 Å². The third kappa shape index (κ3) is 6.08. The van der Waals surface area contributed by atoms with Gasteiger partial charge in [0.1, 0.15) is 0 Å². The van der Waals surface area contributed by atoms with Gasteiger partial charge in [0.2, 0.25) is 0 Å². The fourth-order valence-electron chi connectivity index (χ4n) is 10.5. The molecule has 7 unspecified atom stereocenters. The highest BCUT2D eigenvalue weighted by atomic mass is 14.6. The molecule has 1 aromatic rings. The highest BCUT2D eigenvalue weighted by Gasteiger charge is 2.60. The van der Waals surface area contributed by atoms with E-state index in [1.165, 1.54) is 70.6 Å². The molecule has 2 saturated carbocycles. The van der Waals surface area contributed by atoms with Gasteiger partial charge in [0, 0.05) is 5.41 Å². The predicted octanol–water partition coefficient (Wildman–Crippen LogP) is 12.3. The van der Waals surface area contributed by atoms with Crippen LogP contribution in [0.25, 0.3) is 0 Å². The first-order valence-electron chi connectivity index (χ1n) is 17.7. The van der Waals surface area contributed by atoms with Crippen LogP contribution in [-0.4, -0.2) is 0 Å². The third-order valence-corrected chi connectivity index (χ3v) is 12.5. The average molecular weight is 567 g/mol. The first-order valence-corrected chi connectivity index (χ1v) is 17.7. The summed E-state index contributed by atoms with van der Waals surface area (Å²) in [5.41, 5.74) is 5.81. The molecule has 0 heteroatoms. The van der Waals surface area contributed by atoms with Gasteiger partial charge in [0.15, 0.2) is 0 Å². The monoisotopic (exact) mass is 566 g/mol. The van der Waals surface area contributed by atoms with Crippen molar-refractivity contribution < 1.29 is 0 Å². The minimum absolute atomic E-state index is 0.193. The van der Waals surface area contributed by atoms with Gasteiger partial charge in [-0.15, -0.1) is 13.2 Å². The molecule has 4 aliphatic rings. The van der Waals surface area contributed by atoms with E-state index in [9.17, 15) is 0 Å². The van der Waals surface area contributed by atoms with Crippen LogP contribution in [0.15, 0.2) is 78.9 Å². The molecule has 8 atom stereocenters. The van der Waals surface area contributed by atoms with Gasteiger partial charge in [0.25, 0.3) is 0 Å². The summed E-state index contributed by atoms with van der Waals surface area (Å²) in [6.07, 6.45) is 25.9. The molecule has 2 fully saturated rings. The molecule has 0 nitrogen and oxygen atoms in total. The third-order valence-electron chi connectivity index (χ3n) is 12.5. The van der Waals surface area contributed by atoms with Crippen LogP contribution in [0.1, 0.15) is 124 Å². The van der Waals surface area contributed by atoms with Gasteiger partial charge in [-0.05, 0) is 122 Å². The van der Waals surface area contributed by atoms with Crippen molar-refractivity contribution in [2.24, 2.45) is 52.3 Å². The number of hydrogen-bond acceptors (Lipinski definition) is 0. The molecule has 0 saturated heterocycles. The molecule has 1 aromatic carbocycles. The molecule has 5 rings (SSSR count). The van der Waals surface area contributed by atoms with E-state index in [1.807, 2.05) is 0 Å². The number of rotatable bonds is 10. The lowest BCUT2D eigenvalue weighted by atomic mass is 9.53. The molecule has 4 aliphatic carbocycles. The smallest absolute Gasteiger partial charge is 0.00239 e. The second-order valence-corrected chi connectivity index (χ2v) is 16.8. The van der Waals surface area contributed by atoms with Crippen molar-refractivity contribution in [3.05, 3.63) is 84.5 Å². The Labute approximate surface area is 260 Å². The van der Waals surface area contributed by atoms with E-state index in [4.69, 9.17) is 0 Å². The summed E-state index contributed by atoms with van der Waals surface area (Å²) in [5.74, 6) is 5.32. The van der Waals surface area contributed by atoms with Crippen LogP contribution < -0.4 is 0 Å². The second kappa shape index (κ2) is 12.7. The van der Waals surface area contributed by atoms with Gasteiger partial charge in [0.05, 0.1) is 0 Å². The Bertz CT molecular complexity index is 1090. The van der Waals surface area contributed by atoms with Crippen LogP contribution in [0.3, 0.4) is 0 Å². The fourth-order valence-corrected chi connectivity index (χ4v) is 10.5. The molecule has 0 aromatic heterocycles. The van der Waals surface area contributed by atoms with Gasteiger partial charge in [-0.3, -0.25) is 0 Å². The lowest BCUT2D eigenvalue weighted by Crippen LogP contribution is -2.47. The molecule has 42 heavy (non-hydrogen) atoms. The van der Waals surface area contributed by atoms with Crippen molar-refractivity contribution in [3.8, 4) is 0 Å². The number of benzene rings is 1. The highest BCUT2D eigenvalue weighted by Crippen LogP contribution is 2.66. The van der Waals surface area contributed by atoms with E-state index in [0.29, 0.717) is 17.8 Å². The maximum Gasteiger partial charge on any atom is 0.00239 e. The van der Waals surface area contributed by atoms with Gasteiger partial charge in [-0.2, -0.15) is 0 Å². The normalized spacial score (nSPS) is 32.8. The summed E-state index contributed by atoms with van der Waals surface area (Å²) >= 11 is 0. The van der Waals surface area contributed by atoms with Crippen molar-refractivity contribution in [1.82, 2.24) is 0 Å². The van der Waals surface area contributed by atoms with Crippen LogP contribution in [0.4, 0.5) is 0 Å². The van der Waals surface area contributed by atoms with Gasteiger partial charge in [-0.25, -0.2) is 0 Å². The first-order chi connectivity index (χ1) is 20.0. The summed E-state index contributed by atoms with van der Waals surface area (Å²) in [7, 11) is 0. The number of fused-ring (bicyclic) bond motifs is 3. The average Bonchev–Trinajstić information content (AvgIpc) is 3.56. The molecule has 0 radical (unpaired) electrons. The number of hydrogen-bond donors (Lipinski definition) is 0. The topological polar surface area (TPSA) is 0 Å². The van der Waals surface area contributed by atoms with Crippen LogP contribution in [0.2, 0.25) is 0 Å². The minimum Gasteiger partial charge on any atom is -0.103 e. The van der Waals surface area contributed by atoms with Crippen LogP contribution in [0, 0.1) is 52.3 Å². The van der Waals surface area contributed by atoms with Crippen molar-refractivity contribution in [1.29, 1.82) is 0 Å². The molecule has 0 N–H and O–H groups in total. The van der Waals surface area contributed by atoms with Gasteiger partial charge < -0.3 is 0 Å². The van der Waals surface area contributed by atoms with E-state index in [1.54, 1.807) is 16.7 Å². The summed E-state index contributed by atoms with van der Waals surface area (Å²) in [6.45, 7) is 23.1. The highest BCUT2D eigenvalue weighted by molar-refractivity contribution is 5.36. The lowest BCUT2D eigenvalue weighted by molar-refractivity contribution is 0.0992. The molecule has 230 valence electrons. The summed E-state index contributed by atoms with van der Waals surface area (Å²) < 4.78 is 0. The Morgan fingerprint density at radius 1 is 0.738 bits per heavy atom. The zero-order chi connectivity index (χ0) is 30.1. The number of unbranched alkanes of at least 4 members (excludes halogenated alkanes) is 1. The molecule has 0 heterocycles. The van der Waals surface area contributed by atoms with E-state index in [2.05, 4.69) is 109 Å². The van der Waals surface area contributed by atoms with Crippen LogP contribution in [0.5, 0.6) is 0 Å². The Morgan fingerprint density at radius 3 is 1.83 bits per heavy atom. The summed E-state index contributed by atoms with van der Waals surface area (Å²) in [5, 5.41) is 0. The van der Waals surface area contributed by atoms with Gasteiger partial charge >= 0.3 is 0 Å². The summed E-state index contributed by atoms with van der Waals surface area (Å²) in [4.78, 5) is 0. The maximum absolute atomic E-state index is 4.29. The number of allylic oxidation sites excluding steroid dienone is 6. The fraction of sp³-hybridized carbons (Fsp3) is 0.667. The molecule has 0 bridgehead atoms. The second-order valence-electron chi connectivity index (χ2n) is 16.8. The van der Waals surface area contributed by atoms with Crippen molar-refractivity contribution >= 4 is 0 Å². The SMILES string of the molecule is C=CCCCC1CCC(C(CCC=C)(c2ccccc2)C2C3C=C(C(C)(C)C)CCC3[C@@H]3CCC(C(C)(C)C)=CC23)C1. The predicted molar refractivity (Wildman–Crippen MR) is 183 cm³/mol. The van der Waals surface area contributed by atoms with Gasteiger partial charge in [-0.1, -0.05) is 120 Å². The van der Waals surface area contributed by atoms with Crippen molar-refractivity contribution in [2.45, 2.75) is 124 Å². The maximum atomic E-state index is 4.29. The minimum atomic E-state index is 0.193. The standard InChI is InChI=1S/C42H62/c1-9-11-14-17-30-20-21-34(27-30)42(26-12-10-2,31-18-15-13-16-19-31)39-37-28-32(40(3,4)5)22-24-35(37)36-25-23-33(29-38(36)39)41(6,7)8/h9-10,13,15-16,18-19,28-30,34-39H,1-2,11-12,14,17,20-27H2,3-8H3/t30?,34?,35-,36?,37?,38?,39?,42?/m0/s1. The van der Waals surface area contributed by atoms with Crippen LogP contribution >= 0.6 is 0 Å². The van der Waals surface area contributed by atoms with Crippen molar-refractivity contribution in [2.75, 3.05) is 0 Å². The Hall–Kier alpha value is -1.82. The Morgan fingerprint density at radius 2 is 1.31 bits per heavy atom. The van der Waals surface area contributed by atoms with Crippen LogP contribution in [-0.2, 0) is 5.41 Å². The zero-order valence-electron chi connectivity index (χ0n) is 28.1. The molecule has 0 spiro atoms. The van der Waals surface area contributed by atoms with Crippen molar-refractivity contribution in [3.63, 3.8) is 0 Å². The molecule has 0 aliphatic heterocycles. The van der Waals surface area contributed by atoms with E-state index in [0.717, 1.165) is 30.1 Å². The summed E-state index contributed by atoms with van der Waals surface area (Å²) in [6, 6.07) is 12.0. The Balaban J connectivity index is 1.69. The van der Waals surface area contributed by atoms with E-state index in [-0.39, 0.29) is 16.2 Å². The first kappa shape index (κ1) is 31.6. The largest absolute Gasteiger partial charge is 0.103 e.